The van der Waals surface area contributed by atoms with Gasteiger partial charge in [0.1, 0.15) is 11.6 Å². The van der Waals surface area contributed by atoms with E-state index >= 15 is 0 Å². The van der Waals surface area contributed by atoms with Crippen molar-refractivity contribution in [3.63, 3.8) is 0 Å². The van der Waals surface area contributed by atoms with Crippen LogP contribution in [0.1, 0.15) is 18.1 Å². The van der Waals surface area contributed by atoms with Crippen molar-refractivity contribution < 1.29 is 13.9 Å². The van der Waals surface area contributed by atoms with Crippen molar-refractivity contribution in [3.8, 4) is 0 Å². The molecule has 0 saturated heterocycles. The molecule has 0 radical (unpaired) electrons. The monoisotopic (exact) mass is 265 g/mol. The van der Waals surface area contributed by atoms with Gasteiger partial charge in [0, 0.05) is 4.47 Å². The van der Waals surface area contributed by atoms with E-state index in [1.807, 2.05) is 0 Å². The lowest BCUT2D eigenvalue weighted by Gasteiger charge is -2.11. The van der Waals surface area contributed by atoms with Crippen molar-refractivity contribution >= 4 is 15.9 Å². The van der Waals surface area contributed by atoms with Crippen LogP contribution in [-0.2, 0) is 0 Å². The number of aliphatic hydroxyl groups excluding tert-OH is 1. The molecule has 1 aromatic rings. The Labute approximate surface area is 88.9 Å². The smallest absolute Gasteiger partial charge is 0.133 e. The predicted molar refractivity (Wildman–Crippen MR) is 52.7 cm³/mol. The van der Waals surface area contributed by atoms with Crippen LogP contribution in [0.5, 0.6) is 0 Å². The van der Waals surface area contributed by atoms with Crippen LogP contribution in [0.15, 0.2) is 16.6 Å². The van der Waals surface area contributed by atoms with Gasteiger partial charge in [-0.25, -0.2) is 8.78 Å². The molecule has 78 valence electrons. The van der Waals surface area contributed by atoms with Gasteiger partial charge < -0.3 is 10.8 Å². The second-order valence-corrected chi connectivity index (χ2v) is 3.79. The third kappa shape index (κ3) is 2.50. The highest BCUT2D eigenvalue weighted by molar-refractivity contribution is 9.10. The quantitative estimate of drug-likeness (QED) is 0.880. The fourth-order valence-corrected chi connectivity index (χ4v) is 1.58. The molecular formula is C9H10BrF2NO. The van der Waals surface area contributed by atoms with E-state index in [0.29, 0.717) is 4.47 Å². The molecule has 0 aliphatic carbocycles. The average molecular weight is 266 g/mol. The van der Waals surface area contributed by atoms with Gasteiger partial charge in [-0.1, -0.05) is 15.9 Å². The van der Waals surface area contributed by atoms with Crippen LogP contribution in [0.2, 0.25) is 0 Å². The molecule has 0 heterocycles. The maximum absolute atomic E-state index is 13.2. The molecule has 0 aromatic heterocycles. The Balaban J connectivity index is 3.07. The van der Waals surface area contributed by atoms with E-state index in [2.05, 4.69) is 15.9 Å². The van der Waals surface area contributed by atoms with Crippen molar-refractivity contribution in [2.24, 2.45) is 5.73 Å². The zero-order valence-electron chi connectivity index (χ0n) is 7.30. The molecule has 0 spiro atoms. The Morgan fingerprint density at radius 3 is 2.29 bits per heavy atom. The molecular weight excluding hydrogens is 256 g/mol. The summed E-state index contributed by atoms with van der Waals surface area (Å²) in [6, 6.07) is 2.22. The minimum atomic E-state index is -1.19. The highest BCUT2D eigenvalue weighted by Crippen LogP contribution is 2.26. The number of halogens is 3. The molecule has 2 nitrogen and oxygen atoms in total. The second kappa shape index (κ2) is 4.82. The van der Waals surface area contributed by atoms with Crippen molar-refractivity contribution in [2.75, 3.05) is 6.54 Å². The first kappa shape index (κ1) is 11.6. The lowest BCUT2D eigenvalue weighted by Crippen LogP contribution is -2.10. The van der Waals surface area contributed by atoms with Gasteiger partial charge in [0.25, 0.3) is 0 Å². The summed E-state index contributed by atoms with van der Waals surface area (Å²) in [5, 5.41) is 9.40. The maximum Gasteiger partial charge on any atom is 0.133 e. The van der Waals surface area contributed by atoms with E-state index in [0.717, 1.165) is 12.1 Å². The molecule has 1 aromatic carbocycles. The van der Waals surface area contributed by atoms with Crippen LogP contribution in [0, 0.1) is 11.6 Å². The summed E-state index contributed by atoms with van der Waals surface area (Å²) in [5.74, 6) is -1.53. The topological polar surface area (TPSA) is 46.2 Å². The van der Waals surface area contributed by atoms with Crippen LogP contribution in [0.25, 0.3) is 0 Å². The molecule has 5 heteroatoms. The third-order valence-electron chi connectivity index (χ3n) is 1.82. The van der Waals surface area contributed by atoms with Crippen LogP contribution >= 0.6 is 15.9 Å². The van der Waals surface area contributed by atoms with Gasteiger partial charge in [0.2, 0.25) is 0 Å². The first-order valence-electron chi connectivity index (χ1n) is 4.09. The zero-order chi connectivity index (χ0) is 10.7. The highest BCUT2D eigenvalue weighted by atomic mass is 79.9. The van der Waals surface area contributed by atoms with E-state index in [1.54, 1.807) is 0 Å². The van der Waals surface area contributed by atoms with Crippen molar-refractivity contribution in [3.05, 3.63) is 33.8 Å². The van der Waals surface area contributed by atoms with E-state index in [1.165, 1.54) is 0 Å². The number of aliphatic hydroxyl groups is 1. The summed E-state index contributed by atoms with van der Waals surface area (Å²) in [6.07, 6.45) is -1.05. The normalized spacial score (nSPS) is 12.9. The van der Waals surface area contributed by atoms with Crippen LogP contribution in [-0.4, -0.2) is 11.7 Å². The van der Waals surface area contributed by atoms with Crippen molar-refractivity contribution in [1.29, 1.82) is 0 Å². The van der Waals surface area contributed by atoms with Gasteiger partial charge in [0.05, 0.1) is 11.7 Å². The summed E-state index contributed by atoms with van der Waals surface area (Å²) in [4.78, 5) is 0. The maximum atomic E-state index is 13.2. The van der Waals surface area contributed by atoms with Crippen LogP contribution in [0.4, 0.5) is 8.78 Å². The first-order chi connectivity index (χ1) is 6.56. The van der Waals surface area contributed by atoms with E-state index in [9.17, 15) is 13.9 Å². The average Bonchev–Trinajstić information content (AvgIpc) is 2.01. The number of benzene rings is 1. The Hall–Kier alpha value is -0.520. The zero-order valence-corrected chi connectivity index (χ0v) is 8.89. The molecule has 3 N–H and O–H groups in total. The predicted octanol–water partition coefficient (Wildman–Crippen LogP) is 2.11. The minimum Gasteiger partial charge on any atom is -0.388 e. The van der Waals surface area contributed by atoms with E-state index in [4.69, 9.17) is 5.73 Å². The van der Waals surface area contributed by atoms with Gasteiger partial charge >= 0.3 is 0 Å². The van der Waals surface area contributed by atoms with Gasteiger partial charge in [-0.3, -0.25) is 0 Å². The summed E-state index contributed by atoms with van der Waals surface area (Å²) < 4.78 is 26.7. The molecule has 0 saturated carbocycles. The fraction of sp³-hybridized carbons (Fsp3) is 0.333. The molecule has 0 aliphatic heterocycles. The lowest BCUT2D eigenvalue weighted by atomic mass is 10.1. The Kier molecular flexibility index (Phi) is 3.97. The van der Waals surface area contributed by atoms with Gasteiger partial charge in [-0.2, -0.15) is 0 Å². The molecule has 0 fully saturated rings. The number of rotatable bonds is 3. The van der Waals surface area contributed by atoms with Gasteiger partial charge in [-0.05, 0) is 25.1 Å². The summed E-state index contributed by atoms with van der Waals surface area (Å²) in [7, 11) is 0. The Morgan fingerprint density at radius 1 is 1.36 bits per heavy atom. The molecule has 0 aliphatic rings. The minimum absolute atomic E-state index is 0.134. The number of hydrogen-bond acceptors (Lipinski definition) is 2. The molecule has 14 heavy (non-hydrogen) atoms. The van der Waals surface area contributed by atoms with Crippen molar-refractivity contribution in [1.82, 2.24) is 0 Å². The largest absolute Gasteiger partial charge is 0.388 e. The third-order valence-corrected chi connectivity index (χ3v) is 2.27. The summed E-state index contributed by atoms with van der Waals surface area (Å²) in [5.41, 5.74) is 4.86. The summed E-state index contributed by atoms with van der Waals surface area (Å²) >= 11 is 2.95. The molecule has 0 unspecified atom stereocenters. The Morgan fingerprint density at radius 2 is 1.86 bits per heavy atom. The molecule has 0 amide bonds. The highest BCUT2D eigenvalue weighted by Gasteiger charge is 2.17. The number of hydrogen-bond donors (Lipinski definition) is 2. The Bertz CT molecular complexity index is 310. The van der Waals surface area contributed by atoms with E-state index < -0.39 is 17.7 Å². The van der Waals surface area contributed by atoms with Gasteiger partial charge in [-0.15, -0.1) is 0 Å². The lowest BCUT2D eigenvalue weighted by molar-refractivity contribution is 0.160. The summed E-state index contributed by atoms with van der Waals surface area (Å²) in [6.45, 7) is 0.177. The van der Waals surface area contributed by atoms with Gasteiger partial charge in [0.15, 0.2) is 0 Å². The fourth-order valence-electron chi connectivity index (χ4n) is 1.17. The molecule has 1 atom stereocenters. The SMILES string of the molecule is NCC[C@H](O)c1c(F)cc(Br)cc1F. The first-order valence-corrected chi connectivity index (χ1v) is 4.88. The van der Waals surface area contributed by atoms with E-state index in [-0.39, 0.29) is 18.5 Å². The van der Waals surface area contributed by atoms with Crippen LogP contribution in [0.3, 0.4) is 0 Å². The van der Waals surface area contributed by atoms with Crippen molar-refractivity contribution in [2.45, 2.75) is 12.5 Å². The molecule has 1 rings (SSSR count). The molecule has 0 bridgehead atoms. The van der Waals surface area contributed by atoms with Crippen LogP contribution < -0.4 is 5.73 Å². The second-order valence-electron chi connectivity index (χ2n) is 2.88. The number of nitrogens with two attached hydrogens (primary N) is 1. The standard InChI is InChI=1S/C9H10BrF2NO/c10-5-3-6(11)9(7(12)4-5)8(14)1-2-13/h3-4,8,14H,1-2,13H2/t8-/m0/s1.